The van der Waals surface area contributed by atoms with E-state index in [-0.39, 0.29) is 11.9 Å². The molecule has 0 atom stereocenters. The van der Waals surface area contributed by atoms with Crippen LogP contribution < -0.4 is 15.5 Å². The van der Waals surface area contributed by atoms with Gasteiger partial charge in [0, 0.05) is 30.9 Å². The number of anilines is 2. The molecule has 5 heteroatoms. The molecule has 124 valence electrons. The van der Waals surface area contributed by atoms with Crippen molar-refractivity contribution in [2.45, 2.75) is 44.9 Å². The third-order valence-electron chi connectivity index (χ3n) is 4.82. The molecule has 2 fully saturated rings. The first kappa shape index (κ1) is 15.8. The topological polar surface area (TPSA) is 61.4 Å². The summed E-state index contributed by atoms with van der Waals surface area (Å²) in [5.74, 6) is 0.813. The van der Waals surface area contributed by atoms with Gasteiger partial charge in [0.2, 0.25) is 5.91 Å². The van der Waals surface area contributed by atoms with Gasteiger partial charge in [-0.25, -0.2) is 4.79 Å². The van der Waals surface area contributed by atoms with Crippen LogP contribution in [0.4, 0.5) is 16.2 Å². The van der Waals surface area contributed by atoms with Crippen molar-refractivity contribution in [3.8, 4) is 0 Å². The fourth-order valence-electron chi connectivity index (χ4n) is 3.48. The standard InChI is InChI=1S/C18H25N3O2/c22-17(11-6-14-4-2-1-3-5-14)20-15-7-9-16(10-8-15)21-13-12-19-18(21)23/h7-10,14H,1-6,11-13H2,(H,19,23)(H,20,22). The van der Waals surface area contributed by atoms with Gasteiger partial charge in [0.1, 0.15) is 0 Å². The molecule has 0 radical (unpaired) electrons. The highest BCUT2D eigenvalue weighted by atomic mass is 16.2. The molecule has 3 rings (SSSR count). The predicted molar refractivity (Wildman–Crippen MR) is 91.6 cm³/mol. The maximum atomic E-state index is 12.1. The number of carbonyl (C=O) groups is 2. The van der Waals surface area contributed by atoms with Crippen LogP contribution in [0.1, 0.15) is 44.9 Å². The van der Waals surface area contributed by atoms with Crippen LogP contribution in [0.5, 0.6) is 0 Å². The first-order valence-corrected chi connectivity index (χ1v) is 8.67. The number of hydrogen-bond donors (Lipinski definition) is 2. The van der Waals surface area contributed by atoms with Crippen molar-refractivity contribution in [2.24, 2.45) is 5.92 Å². The van der Waals surface area contributed by atoms with Crippen molar-refractivity contribution < 1.29 is 9.59 Å². The fraction of sp³-hybridized carbons (Fsp3) is 0.556. The average molecular weight is 315 g/mol. The molecule has 0 aromatic heterocycles. The van der Waals surface area contributed by atoms with Crippen LogP contribution >= 0.6 is 0 Å². The van der Waals surface area contributed by atoms with Crippen LogP contribution in [0.3, 0.4) is 0 Å². The van der Waals surface area contributed by atoms with E-state index < -0.39 is 0 Å². The first-order valence-electron chi connectivity index (χ1n) is 8.67. The summed E-state index contributed by atoms with van der Waals surface area (Å²) in [7, 11) is 0. The molecule has 0 unspecified atom stereocenters. The maximum absolute atomic E-state index is 12.1. The van der Waals surface area contributed by atoms with Crippen molar-refractivity contribution in [1.29, 1.82) is 0 Å². The minimum atomic E-state index is -0.0609. The SMILES string of the molecule is O=C(CCC1CCCCC1)Nc1ccc(N2CCNC2=O)cc1. The average Bonchev–Trinajstić information content (AvgIpc) is 3.01. The summed E-state index contributed by atoms with van der Waals surface area (Å²) >= 11 is 0. The van der Waals surface area contributed by atoms with Gasteiger partial charge in [0.25, 0.3) is 0 Å². The summed E-state index contributed by atoms with van der Waals surface area (Å²) in [4.78, 5) is 25.4. The van der Waals surface area contributed by atoms with E-state index in [0.29, 0.717) is 19.5 Å². The van der Waals surface area contributed by atoms with E-state index in [2.05, 4.69) is 10.6 Å². The van der Waals surface area contributed by atoms with Crippen molar-refractivity contribution in [3.63, 3.8) is 0 Å². The molecule has 1 aromatic carbocycles. The Bertz CT molecular complexity index is 550. The van der Waals surface area contributed by atoms with E-state index >= 15 is 0 Å². The molecule has 0 spiro atoms. The lowest BCUT2D eigenvalue weighted by Gasteiger charge is -2.21. The summed E-state index contributed by atoms with van der Waals surface area (Å²) < 4.78 is 0. The van der Waals surface area contributed by atoms with Crippen LogP contribution in [0.25, 0.3) is 0 Å². The van der Waals surface area contributed by atoms with E-state index in [9.17, 15) is 9.59 Å². The Morgan fingerprint density at radius 1 is 1.17 bits per heavy atom. The Morgan fingerprint density at radius 2 is 1.91 bits per heavy atom. The lowest BCUT2D eigenvalue weighted by atomic mass is 9.86. The molecule has 5 nitrogen and oxygen atoms in total. The van der Waals surface area contributed by atoms with E-state index in [1.165, 1.54) is 32.1 Å². The normalized spacial score (nSPS) is 18.8. The summed E-state index contributed by atoms with van der Waals surface area (Å²) in [6.45, 7) is 1.37. The van der Waals surface area contributed by atoms with Gasteiger partial charge in [-0.05, 0) is 36.6 Å². The minimum Gasteiger partial charge on any atom is -0.336 e. The Morgan fingerprint density at radius 3 is 2.57 bits per heavy atom. The monoisotopic (exact) mass is 315 g/mol. The second kappa shape index (κ2) is 7.49. The Kier molecular flexibility index (Phi) is 5.16. The van der Waals surface area contributed by atoms with Gasteiger partial charge < -0.3 is 10.6 Å². The van der Waals surface area contributed by atoms with Crippen LogP contribution in [0.2, 0.25) is 0 Å². The highest BCUT2D eigenvalue weighted by Gasteiger charge is 2.20. The molecule has 3 amide bonds. The lowest BCUT2D eigenvalue weighted by Crippen LogP contribution is -2.27. The van der Waals surface area contributed by atoms with Gasteiger partial charge in [-0.1, -0.05) is 32.1 Å². The Labute approximate surface area is 137 Å². The summed E-state index contributed by atoms with van der Waals surface area (Å²) in [5, 5.41) is 5.73. The molecule has 1 aromatic rings. The molecular formula is C18H25N3O2. The third-order valence-corrected chi connectivity index (χ3v) is 4.82. The number of amides is 3. The third kappa shape index (κ3) is 4.24. The summed E-state index contributed by atoms with van der Waals surface area (Å²) in [5.41, 5.74) is 1.65. The highest BCUT2D eigenvalue weighted by molar-refractivity contribution is 5.95. The largest absolute Gasteiger partial charge is 0.336 e. The van der Waals surface area contributed by atoms with Crippen molar-refractivity contribution >= 4 is 23.3 Å². The van der Waals surface area contributed by atoms with Crippen LogP contribution in [0, 0.1) is 5.92 Å². The molecule has 2 N–H and O–H groups in total. The van der Waals surface area contributed by atoms with Crippen molar-refractivity contribution in [3.05, 3.63) is 24.3 Å². The van der Waals surface area contributed by atoms with Crippen LogP contribution in [0.15, 0.2) is 24.3 Å². The quantitative estimate of drug-likeness (QED) is 0.873. The fourth-order valence-corrected chi connectivity index (χ4v) is 3.48. The number of benzene rings is 1. The number of nitrogens with zero attached hydrogens (tertiary/aromatic N) is 1. The summed E-state index contributed by atoms with van der Waals surface area (Å²) in [6.07, 6.45) is 8.14. The molecule has 1 heterocycles. The van der Waals surface area contributed by atoms with Gasteiger partial charge in [0.15, 0.2) is 0 Å². The van der Waals surface area contributed by atoms with E-state index in [0.717, 1.165) is 23.7 Å². The van der Waals surface area contributed by atoms with Crippen molar-refractivity contribution in [2.75, 3.05) is 23.3 Å². The van der Waals surface area contributed by atoms with Gasteiger partial charge >= 0.3 is 6.03 Å². The molecule has 1 aliphatic heterocycles. The molecule has 2 aliphatic rings. The Hall–Kier alpha value is -2.04. The molecule has 23 heavy (non-hydrogen) atoms. The van der Waals surface area contributed by atoms with E-state index in [1.807, 2.05) is 24.3 Å². The van der Waals surface area contributed by atoms with E-state index in [1.54, 1.807) is 4.90 Å². The molecule has 0 bridgehead atoms. The number of nitrogens with one attached hydrogen (secondary N) is 2. The smallest absolute Gasteiger partial charge is 0.321 e. The lowest BCUT2D eigenvalue weighted by molar-refractivity contribution is -0.116. The number of urea groups is 1. The zero-order valence-corrected chi connectivity index (χ0v) is 13.5. The second-order valence-electron chi connectivity index (χ2n) is 6.52. The molecule has 1 aliphatic carbocycles. The number of hydrogen-bond acceptors (Lipinski definition) is 2. The highest BCUT2D eigenvalue weighted by Crippen LogP contribution is 2.27. The zero-order chi connectivity index (χ0) is 16.1. The number of rotatable bonds is 5. The van der Waals surface area contributed by atoms with Crippen molar-refractivity contribution in [1.82, 2.24) is 5.32 Å². The molecular weight excluding hydrogens is 290 g/mol. The van der Waals surface area contributed by atoms with Gasteiger partial charge in [-0.3, -0.25) is 9.69 Å². The Balaban J connectivity index is 1.47. The number of carbonyl (C=O) groups excluding carboxylic acids is 2. The molecule has 1 saturated heterocycles. The van der Waals surface area contributed by atoms with Crippen LogP contribution in [-0.2, 0) is 4.79 Å². The molecule has 1 saturated carbocycles. The maximum Gasteiger partial charge on any atom is 0.321 e. The van der Waals surface area contributed by atoms with Gasteiger partial charge in [-0.2, -0.15) is 0 Å². The first-order chi connectivity index (χ1) is 11.2. The van der Waals surface area contributed by atoms with E-state index in [4.69, 9.17) is 0 Å². The summed E-state index contributed by atoms with van der Waals surface area (Å²) in [6, 6.07) is 7.41. The zero-order valence-electron chi connectivity index (χ0n) is 13.5. The van der Waals surface area contributed by atoms with Gasteiger partial charge in [0.05, 0.1) is 0 Å². The van der Waals surface area contributed by atoms with Crippen LogP contribution in [-0.4, -0.2) is 25.0 Å². The van der Waals surface area contributed by atoms with Gasteiger partial charge in [-0.15, -0.1) is 0 Å². The predicted octanol–water partition coefficient (Wildman–Crippen LogP) is 3.52. The second-order valence-corrected chi connectivity index (χ2v) is 6.52. The minimum absolute atomic E-state index is 0.0609.